The van der Waals surface area contributed by atoms with Crippen molar-refractivity contribution in [3.8, 4) is 17.2 Å². The van der Waals surface area contributed by atoms with Gasteiger partial charge in [-0.15, -0.1) is 12.4 Å². The first kappa shape index (κ1) is 21.2. The van der Waals surface area contributed by atoms with E-state index >= 15 is 0 Å². The molecule has 1 saturated carbocycles. The molecule has 158 valence electrons. The monoisotopic (exact) mass is 424 g/mol. The van der Waals surface area contributed by atoms with E-state index in [0.717, 1.165) is 19.3 Å². The summed E-state index contributed by atoms with van der Waals surface area (Å²) < 4.78 is 21.6. The zero-order valence-electron chi connectivity index (χ0n) is 16.6. The van der Waals surface area contributed by atoms with E-state index in [9.17, 15) is 4.79 Å². The Morgan fingerprint density at radius 3 is 2.34 bits per heavy atom. The van der Waals surface area contributed by atoms with Gasteiger partial charge in [0, 0.05) is 25.1 Å². The number of benzene rings is 1. The lowest BCUT2D eigenvalue weighted by Crippen LogP contribution is -2.44. The van der Waals surface area contributed by atoms with E-state index in [4.69, 9.17) is 24.5 Å². The van der Waals surface area contributed by atoms with Crippen molar-refractivity contribution in [3.05, 3.63) is 23.8 Å². The topological polar surface area (TPSA) is 113 Å². The molecule has 4 rings (SSSR count). The second-order valence-electron chi connectivity index (χ2n) is 7.25. The van der Waals surface area contributed by atoms with Crippen LogP contribution in [0.2, 0.25) is 0 Å². The van der Waals surface area contributed by atoms with Gasteiger partial charge < -0.3 is 29.4 Å². The largest absolute Gasteiger partial charge is 0.493 e. The van der Waals surface area contributed by atoms with Crippen LogP contribution in [-0.2, 0) is 10.3 Å². The highest BCUT2D eigenvalue weighted by Crippen LogP contribution is 2.43. The maximum Gasteiger partial charge on any atom is 0.232 e. The number of hydrogen-bond acceptors (Lipinski definition) is 8. The van der Waals surface area contributed by atoms with E-state index in [1.54, 1.807) is 31.3 Å². The van der Waals surface area contributed by atoms with Gasteiger partial charge in [0.25, 0.3) is 0 Å². The molecule has 1 aromatic carbocycles. The average molecular weight is 425 g/mol. The van der Waals surface area contributed by atoms with Gasteiger partial charge in [0.05, 0.1) is 38.5 Å². The molecule has 2 fully saturated rings. The molecule has 9 nitrogen and oxygen atoms in total. The van der Waals surface area contributed by atoms with Crippen LogP contribution >= 0.6 is 12.4 Å². The van der Waals surface area contributed by atoms with Crippen molar-refractivity contribution < 1.29 is 23.5 Å². The fraction of sp³-hybridized carbons (Fsp3) is 0.526. The molecule has 1 saturated heterocycles. The molecule has 1 unspecified atom stereocenters. The second kappa shape index (κ2) is 8.08. The van der Waals surface area contributed by atoms with E-state index in [-0.39, 0.29) is 30.7 Å². The maximum absolute atomic E-state index is 12.7. The lowest BCUT2D eigenvalue weighted by atomic mass is 9.77. The number of rotatable bonds is 6. The minimum absolute atomic E-state index is 0. The molecule has 0 spiro atoms. The van der Waals surface area contributed by atoms with Gasteiger partial charge in [0.2, 0.25) is 17.5 Å². The van der Waals surface area contributed by atoms with Crippen molar-refractivity contribution in [1.82, 2.24) is 10.1 Å². The van der Waals surface area contributed by atoms with Crippen LogP contribution in [0.5, 0.6) is 17.2 Å². The third kappa shape index (κ3) is 3.60. The van der Waals surface area contributed by atoms with Crippen LogP contribution < -0.4 is 24.8 Å². The van der Waals surface area contributed by atoms with Crippen molar-refractivity contribution in [2.45, 2.75) is 37.1 Å². The zero-order valence-corrected chi connectivity index (χ0v) is 17.5. The van der Waals surface area contributed by atoms with Crippen LogP contribution in [0.3, 0.4) is 0 Å². The molecule has 1 amide bonds. The molecule has 1 aromatic heterocycles. The third-order valence-corrected chi connectivity index (χ3v) is 5.57. The van der Waals surface area contributed by atoms with Crippen molar-refractivity contribution in [3.63, 3.8) is 0 Å². The van der Waals surface area contributed by atoms with Crippen molar-refractivity contribution in [2.75, 3.05) is 32.8 Å². The van der Waals surface area contributed by atoms with Gasteiger partial charge in [-0.2, -0.15) is 4.98 Å². The molecule has 1 aliphatic carbocycles. The van der Waals surface area contributed by atoms with Gasteiger partial charge in [-0.25, -0.2) is 0 Å². The van der Waals surface area contributed by atoms with Gasteiger partial charge >= 0.3 is 0 Å². The summed E-state index contributed by atoms with van der Waals surface area (Å²) in [4.78, 5) is 18.8. The smallest absolute Gasteiger partial charge is 0.232 e. The van der Waals surface area contributed by atoms with E-state index in [1.165, 1.54) is 7.11 Å². The van der Waals surface area contributed by atoms with E-state index in [1.807, 2.05) is 0 Å². The maximum atomic E-state index is 12.7. The molecule has 2 aliphatic rings. The summed E-state index contributed by atoms with van der Waals surface area (Å²) in [6, 6.07) is 3.51. The normalized spacial score (nSPS) is 20.1. The van der Waals surface area contributed by atoms with Crippen LogP contribution in [0, 0.1) is 0 Å². The summed E-state index contributed by atoms with van der Waals surface area (Å²) in [5.74, 6) is 2.22. The lowest BCUT2D eigenvalue weighted by Gasteiger charge is -2.34. The standard InChI is InChI=1S/C19H24N4O5.ClH/c1-25-13-8-12(9-14(26-2)16(13)27-3)23-10-11(7-15(23)24)17-21-18(22-28-17)19(20)5-4-6-19;/h8-9,11H,4-7,10,20H2,1-3H3;1H. The van der Waals surface area contributed by atoms with Crippen LogP contribution in [0.1, 0.15) is 43.3 Å². The Hall–Kier alpha value is -2.52. The Morgan fingerprint density at radius 2 is 1.83 bits per heavy atom. The fourth-order valence-corrected chi connectivity index (χ4v) is 3.73. The first-order valence-electron chi connectivity index (χ1n) is 9.22. The van der Waals surface area contributed by atoms with Gasteiger partial charge in [-0.3, -0.25) is 4.79 Å². The Labute approximate surface area is 174 Å². The number of carbonyl (C=O) groups excluding carboxylic acids is 1. The molecule has 2 aromatic rings. The second-order valence-corrected chi connectivity index (χ2v) is 7.25. The first-order valence-corrected chi connectivity index (χ1v) is 9.22. The summed E-state index contributed by atoms with van der Waals surface area (Å²) in [5, 5.41) is 4.06. The Bertz CT molecular complexity index is 873. The Morgan fingerprint density at radius 1 is 1.17 bits per heavy atom. The number of ether oxygens (including phenoxy) is 3. The number of halogens is 1. The minimum atomic E-state index is -0.485. The zero-order chi connectivity index (χ0) is 19.9. The lowest BCUT2D eigenvalue weighted by molar-refractivity contribution is -0.117. The van der Waals surface area contributed by atoms with E-state index < -0.39 is 5.54 Å². The van der Waals surface area contributed by atoms with Gasteiger partial charge in [-0.1, -0.05) is 5.16 Å². The number of carbonyl (C=O) groups is 1. The molecule has 2 N–H and O–H groups in total. The summed E-state index contributed by atoms with van der Waals surface area (Å²) >= 11 is 0. The molecule has 2 heterocycles. The summed E-state index contributed by atoms with van der Waals surface area (Å²) in [6.07, 6.45) is 3.06. The number of amides is 1. The van der Waals surface area contributed by atoms with Crippen LogP contribution in [-0.4, -0.2) is 43.9 Å². The van der Waals surface area contributed by atoms with Gasteiger partial charge in [-0.05, 0) is 19.3 Å². The summed E-state index contributed by atoms with van der Waals surface area (Å²) in [5.41, 5.74) is 6.45. The molecule has 0 bridgehead atoms. The predicted molar refractivity (Wildman–Crippen MR) is 107 cm³/mol. The minimum Gasteiger partial charge on any atom is -0.493 e. The molecule has 1 aliphatic heterocycles. The summed E-state index contributed by atoms with van der Waals surface area (Å²) in [6.45, 7) is 0.427. The van der Waals surface area contributed by atoms with Gasteiger partial charge in [0.1, 0.15) is 0 Å². The number of hydrogen-bond donors (Lipinski definition) is 1. The van der Waals surface area contributed by atoms with Crippen molar-refractivity contribution in [2.24, 2.45) is 5.73 Å². The number of nitrogens with two attached hydrogens (primary N) is 1. The highest BCUT2D eigenvalue weighted by atomic mass is 35.5. The molecular formula is C19H25ClN4O5. The highest BCUT2D eigenvalue weighted by molar-refractivity contribution is 5.97. The average Bonchev–Trinajstić information content (AvgIpc) is 3.32. The van der Waals surface area contributed by atoms with Crippen LogP contribution in [0.15, 0.2) is 16.7 Å². The number of aromatic nitrogens is 2. The van der Waals surface area contributed by atoms with Crippen LogP contribution in [0.4, 0.5) is 5.69 Å². The third-order valence-electron chi connectivity index (χ3n) is 5.57. The fourth-order valence-electron chi connectivity index (χ4n) is 3.73. The first-order chi connectivity index (χ1) is 13.5. The number of anilines is 1. The Balaban J connectivity index is 0.00000240. The summed E-state index contributed by atoms with van der Waals surface area (Å²) in [7, 11) is 4.62. The molecular weight excluding hydrogens is 400 g/mol. The van der Waals surface area contributed by atoms with E-state index in [0.29, 0.717) is 41.2 Å². The predicted octanol–water partition coefficient (Wildman–Crippen LogP) is 2.38. The van der Waals surface area contributed by atoms with Crippen molar-refractivity contribution >= 4 is 24.0 Å². The molecule has 10 heteroatoms. The molecule has 29 heavy (non-hydrogen) atoms. The van der Waals surface area contributed by atoms with Gasteiger partial charge in [0.15, 0.2) is 17.3 Å². The Kier molecular flexibility index (Phi) is 5.90. The molecule has 1 atom stereocenters. The highest BCUT2D eigenvalue weighted by Gasteiger charge is 2.41. The van der Waals surface area contributed by atoms with E-state index in [2.05, 4.69) is 10.1 Å². The van der Waals surface area contributed by atoms with Crippen molar-refractivity contribution in [1.29, 1.82) is 0 Å². The number of methoxy groups -OCH3 is 3. The number of nitrogens with zero attached hydrogens (tertiary/aromatic N) is 3. The molecule has 0 radical (unpaired) electrons. The quantitative estimate of drug-likeness (QED) is 0.751. The van der Waals surface area contributed by atoms with Crippen LogP contribution in [0.25, 0.3) is 0 Å². The SMILES string of the molecule is COc1cc(N2CC(c3nc(C4(N)CCC4)no3)CC2=O)cc(OC)c1OC.Cl.